The minimum absolute atomic E-state index is 0.0418. The molecule has 0 fully saturated rings. The fraction of sp³-hybridized carbons (Fsp3) is 0.154. The van der Waals surface area contributed by atoms with Crippen LogP contribution < -0.4 is 5.32 Å². The Morgan fingerprint density at radius 3 is 2.84 bits per heavy atom. The van der Waals surface area contributed by atoms with E-state index in [1.165, 1.54) is 12.1 Å². The Bertz CT molecular complexity index is 582. The molecule has 0 aliphatic rings. The third kappa shape index (κ3) is 3.89. The highest BCUT2D eigenvalue weighted by Crippen LogP contribution is 2.21. The molecule has 19 heavy (non-hydrogen) atoms. The van der Waals surface area contributed by atoms with Gasteiger partial charge in [0.25, 0.3) is 0 Å². The molecule has 0 saturated heterocycles. The number of pyridine rings is 1. The van der Waals surface area contributed by atoms with Crippen LogP contribution in [-0.4, -0.2) is 16.6 Å². The van der Waals surface area contributed by atoms with E-state index < -0.39 is 11.9 Å². The molecule has 0 spiro atoms. The van der Waals surface area contributed by atoms with Gasteiger partial charge in [-0.15, -0.1) is 0 Å². The highest BCUT2D eigenvalue weighted by atomic mass is 79.9. The molecule has 1 aromatic carbocycles. The molecule has 0 aliphatic heterocycles. The normalized spacial score (nSPS) is 12.2. The second-order valence-electron chi connectivity index (χ2n) is 3.96. The van der Waals surface area contributed by atoms with Crippen molar-refractivity contribution < 1.29 is 9.50 Å². The Hall–Kier alpha value is -1.17. The standard InChI is InChI=1S/C13H11BrClFN2O/c14-9-4-10(6-17-5-9)18-7-13(19)8-1-2-11(15)12(16)3-8/h1-6,13,18-19H,7H2. The van der Waals surface area contributed by atoms with E-state index in [0.29, 0.717) is 5.56 Å². The zero-order valence-electron chi connectivity index (χ0n) is 9.78. The Kier molecular flexibility index (Phi) is 4.74. The third-order valence-corrected chi connectivity index (χ3v) is 3.27. The van der Waals surface area contributed by atoms with Crippen molar-refractivity contribution in [2.45, 2.75) is 6.10 Å². The van der Waals surface area contributed by atoms with Gasteiger partial charge in [0, 0.05) is 17.2 Å². The van der Waals surface area contributed by atoms with Crippen LogP contribution in [0.5, 0.6) is 0 Å². The second-order valence-corrected chi connectivity index (χ2v) is 5.28. The zero-order valence-corrected chi connectivity index (χ0v) is 12.1. The first-order chi connectivity index (χ1) is 9.06. The first-order valence-corrected chi connectivity index (χ1v) is 6.71. The van der Waals surface area contributed by atoms with E-state index in [1.54, 1.807) is 18.5 Å². The Labute approximate surface area is 123 Å². The molecule has 2 rings (SSSR count). The molecule has 2 aromatic rings. The van der Waals surface area contributed by atoms with Crippen LogP contribution in [0.4, 0.5) is 10.1 Å². The quantitative estimate of drug-likeness (QED) is 0.886. The molecule has 1 heterocycles. The summed E-state index contributed by atoms with van der Waals surface area (Å²) >= 11 is 8.89. The maximum absolute atomic E-state index is 13.3. The molecule has 6 heteroatoms. The molecule has 0 bridgehead atoms. The maximum Gasteiger partial charge on any atom is 0.142 e. The maximum atomic E-state index is 13.3. The zero-order chi connectivity index (χ0) is 13.8. The van der Waals surface area contributed by atoms with Crippen molar-refractivity contribution >= 4 is 33.2 Å². The number of hydrogen-bond donors (Lipinski definition) is 2. The largest absolute Gasteiger partial charge is 0.387 e. The third-order valence-electron chi connectivity index (χ3n) is 2.53. The average molecular weight is 346 g/mol. The van der Waals surface area contributed by atoms with Gasteiger partial charge in [0.05, 0.1) is 23.0 Å². The van der Waals surface area contributed by atoms with E-state index in [2.05, 4.69) is 26.2 Å². The van der Waals surface area contributed by atoms with Gasteiger partial charge in [-0.3, -0.25) is 4.98 Å². The number of rotatable bonds is 4. The lowest BCUT2D eigenvalue weighted by Crippen LogP contribution is -2.12. The summed E-state index contributed by atoms with van der Waals surface area (Å²) in [5, 5.41) is 13.0. The summed E-state index contributed by atoms with van der Waals surface area (Å²) in [6.45, 7) is 0.249. The SMILES string of the molecule is OC(CNc1cncc(Br)c1)c1ccc(Cl)c(F)c1. The summed E-state index contributed by atoms with van der Waals surface area (Å²) in [4.78, 5) is 3.99. The van der Waals surface area contributed by atoms with Crippen molar-refractivity contribution in [1.29, 1.82) is 0 Å². The number of aliphatic hydroxyl groups is 1. The molecule has 1 unspecified atom stereocenters. The van der Waals surface area contributed by atoms with Gasteiger partial charge in [-0.25, -0.2) is 4.39 Å². The molecule has 0 saturated carbocycles. The van der Waals surface area contributed by atoms with Crippen molar-refractivity contribution in [3.8, 4) is 0 Å². The smallest absolute Gasteiger partial charge is 0.142 e. The summed E-state index contributed by atoms with van der Waals surface area (Å²) in [7, 11) is 0. The average Bonchev–Trinajstić information content (AvgIpc) is 2.39. The number of halogens is 3. The molecule has 0 amide bonds. The van der Waals surface area contributed by atoms with Gasteiger partial charge in [-0.2, -0.15) is 0 Å². The summed E-state index contributed by atoms with van der Waals surface area (Å²) in [5.41, 5.74) is 1.24. The van der Waals surface area contributed by atoms with Crippen LogP contribution in [0.15, 0.2) is 41.1 Å². The van der Waals surface area contributed by atoms with Crippen molar-refractivity contribution in [3.63, 3.8) is 0 Å². The fourth-order valence-corrected chi connectivity index (χ4v) is 2.04. The Balaban J connectivity index is 2.01. The summed E-state index contributed by atoms with van der Waals surface area (Å²) < 4.78 is 14.1. The van der Waals surface area contributed by atoms with Crippen LogP contribution in [0.3, 0.4) is 0 Å². The molecule has 0 radical (unpaired) electrons. The van der Waals surface area contributed by atoms with E-state index in [9.17, 15) is 9.50 Å². The van der Waals surface area contributed by atoms with E-state index in [-0.39, 0.29) is 11.6 Å². The minimum atomic E-state index is -0.828. The number of anilines is 1. The first kappa shape index (κ1) is 14.2. The van der Waals surface area contributed by atoms with Crippen LogP contribution in [0, 0.1) is 5.82 Å². The van der Waals surface area contributed by atoms with Crippen molar-refractivity contribution in [1.82, 2.24) is 4.98 Å². The molecular formula is C13H11BrClFN2O. The van der Waals surface area contributed by atoms with Crippen LogP contribution in [-0.2, 0) is 0 Å². The molecule has 1 aromatic heterocycles. The predicted octanol–water partition coefficient (Wildman–Crippen LogP) is 3.78. The van der Waals surface area contributed by atoms with E-state index in [1.807, 2.05) is 6.07 Å². The summed E-state index contributed by atoms with van der Waals surface area (Å²) in [6, 6.07) is 6.09. The molecule has 3 nitrogen and oxygen atoms in total. The minimum Gasteiger partial charge on any atom is -0.387 e. The van der Waals surface area contributed by atoms with Gasteiger partial charge in [0.1, 0.15) is 5.82 Å². The van der Waals surface area contributed by atoms with Crippen LogP contribution in [0.25, 0.3) is 0 Å². The highest BCUT2D eigenvalue weighted by molar-refractivity contribution is 9.10. The van der Waals surface area contributed by atoms with Crippen LogP contribution in [0.1, 0.15) is 11.7 Å². The van der Waals surface area contributed by atoms with Gasteiger partial charge in [-0.05, 0) is 39.7 Å². The Morgan fingerprint density at radius 2 is 2.16 bits per heavy atom. The summed E-state index contributed by atoms with van der Waals surface area (Å²) in [6.07, 6.45) is 2.47. The first-order valence-electron chi connectivity index (χ1n) is 5.53. The van der Waals surface area contributed by atoms with E-state index in [0.717, 1.165) is 10.2 Å². The predicted molar refractivity (Wildman–Crippen MR) is 76.8 cm³/mol. The van der Waals surface area contributed by atoms with E-state index >= 15 is 0 Å². The number of nitrogens with zero attached hydrogens (tertiary/aromatic N) is 1. The van der Waals surface area contributed by atoms with Gasteiger partial charge in [0.15, 0.2) is 0 Å². The number of hydrogen-bond acceptors (Lipinski definition) is 3. The van der Waals surface area contributed by atoms with Crippen LogP contribution >= 0.6 is 27.5 Å². The van der Waals surface area contributed by atoms with Crippen molar-refractivity contribution in [2.24, 2.45) is 0 Å². The van der Waals surface area contributed by atoms with Gasteiger partial charge in [-0.1, -0.05) is 17.7 Å². The number of aromatic nitrogens is 1. The highest BCUT2D eigenvalue weighted by Gasteiger charge is 2.10. The van der Waals surface area contributed by atoms with Crippen molar-refractivity contribution in [3.05, 3.63) is 57.5 Å². The number of benzene rings is 1. The molecule has 100 valence electrons. The monoisotopic (exact) mass is 344 g/mol. The van der Waals surface area contributed by atoms with Crippen LogP contribution in [0.2, 0.25) is 5.02 Å². The lowest BCUT2D eigenvalue weighted by Gasteiger charge is -2.13. The molecule has 0 aliphatic carbocycles. The van der Waals surface area contributed by atoms with Gasteiger partial charge >= 0.3 is 0 Å². The topological polar surface area (TPSA) is 45.1 Å². The molecule has 2 N–H and O–H groups in total. The van der Waals surface area contributed by atoms with E-state index in [4.69, 9.17) is 11.6 Å². The van der Waals surface area contributed by atoms with Gasteiger partial charge < -0.3 is 10.4 Å². The summed E-state index contributed by atoms with van der Waals surface area (Å²) in [5.74, 6) is -0.540. The molecule has 1 atom stereocenters. The fourth-order valence-electron chi connectivity index (χ4n) is 1.56. The van der Waals surface area contributed by atoms with Gasteiger partial charge in [0.2, 0.25) is 0 Å². The number of aliphatic hydroxyl groups excluding tert-OH is 1. The Morgan fingerprint density at radius 1 is 1.37 bits per heavy atom. The van der Waals surface area contributed by atoms with Crippen molar-refractivity contribution in [2.75, 3.05) is 11.9 Å². The second kappa shape index (κ2) is 6.32. The lowest BCUT2D eigenvalue weighted by molar-refractivity contribution is 0.191. The number of nitrogens with one attached hydrogen (secondary N) is 1. The molecular weight excluding hydrogens is 335 g/mol. The lowest BCUT2D eigenvalue weighted by atomic mass is 10.1.